The summed E-state index contributed by atoms with van der Waals surface area (Å²) >= 11 is 0. The van der Waals surface area contributed by atoms with E-state index in [4.69, 9.17) is 10.5 Å². The zero-order chi connectivity index (χ0) is 19.1. The van der Waals surface area contributed by atoms with Crippen molar-refractivity contribution in [2.75, 3.05) is 5.73 Å². The van der Waals surface area contributed by atoms with Gasteiger partial charge in [0.25, 0.3) is 0 Å². The highest BCUT2D eigenvalue weighted by molar-refractivity contribution is 5.90. The molecule has 2 aromatic heterocycles. The topological polar surface area (TPSA) is 66.0 Å². The van der Waals surface area contributed by atoms with Gasteiger partial charge in [-0.05, 0) is 30.6 Å². The fraction of sp³-hybridized carbons (Fsp3) is 0.429. The summed E-state index contributed by atoms with van der Waals surface area (Å²) in [6, 6.07) is 0. The van der Waals surface area contributed by atoms with Crippen LogP contribution in [-0.2, 0) is 17.7 Å². The summed E-state index contributed by atoms with van der Waals surface area (Å²) < 4.78 is 7.87. The van der Waals surface area contributed by atoms with Gasteiger partial charge in [0.1, 0.15) is 23.9 Å². The molecule has 3 radical (unpaired) electrons. The quantitative estimate of drug-likeness (QED) is 0.825. The molecule has 2 aliphatic rings. The van der Waals surface area contributed by atoms with Crippen LogP contribution in [0, 0.1) is 5.92 Å². The molecule has 0 spiro atoms. The smallest absolute Gasteiger partial charge is 0.145 e. The van der Waals surface area contributed by atoms with Crippen LogP contribution in [0.5, 0.6) is 0 Å². The predicted molar refractivity (Wildman–Crippen MR) is 114 cm³/mol. The molecule has 5 nitrogen and oxygen atoms in total. The van der Waals surface area contributed by atoms with E-state index in [9.17, 15) is 0 Å². The van der Waals surface area contributed by atoms with E-state index in [2.05, 4.69) is 45.9 Å². The largest absolute Gasteiger partial charge is 0.493 e. The van der Waals surface area contributed by atoms with Gasteiger partial charge in [0, 0.05) is 27.1 Å². The molecular formula is C21H30BN4O. The normalized spacial score (nSPS) is 18.9. The molecule has 0 amide bonds. The van der Waals surface area contributed by atoms with Gasteiger partial charge in [-0.25, -0.2) is 9.97 Å². The van der Waals surface area contributed by atoms with Gasteiger partial charge in [-0.15, -0.1) is 0 Å². The first-order chi connectivity index (χ1) is 12.8. The first-order valence-electron chi connectivity index (χ1n) is 9.55. The Morgan fingerprint density at radius 2 is 1.81 bits per heavy atom. The van der Waals surface area contributed by atoms with Crippen LogP contribution in [0.25, 0.3) is 11.0 Å². The number of hydrogen-bond donors (Lipinski definition) is 1. The summed E-state index contributed by atoms with van der Waals surface area (Å²) in [5.74, 6) is 0.859. The lowest BCUT2D eigenvalue weighted by atomic mass is 9.88. The summed E-state index contributed by atoms with van der Waals surface area (Å²) in [5.41, 5.74) is 9.42. The highest BCUT2D eigenvalue weighted by atomic mass is 16.5. The standard InChI is InChI=1S/C17H18N4O.2C2H6.B/c1-2-21-8-11(15-16(18)19-10-20-17(15)21)7-12-9-22-14-6-4-3-5-13(12)14;2*1-2;/h3-6,8-10,13-14H,2,7H2,1H3,(H2,18,19,20);2*1-2H3;. The Kier molecular flexibility index (Phi) is 8.86. The van der Waals surface area contributed by atoms with Crippen molar-refractivity contribution in [3.05, 3.63) is 54.2 Å². The maximum Gasteiger partial charge on any atom is 0.145 e. The Bertz CT molecular complexity index is 823. The second-order valence-corrected chi connectivity index (χ2v) is 5.66. The van der Waals surface area contributed by atoms with Gasteiger partial charge in [0.05, 0.1) is 11.6 Å². The predicted octanol–water partition coefficient (Wildman–Crippen LogP) is 4.27. The zero-order valence-electron chi connectivity index (χ0n) is 17.0. The van der Waals surface area contributed by atoms with Gasteiger partial charge in [-0.2, -0.15) is 0 Å². The second kappa shape index (κ2) is 10.6. The second-order valence-electron chi connectivity index (χ2n) is 5.66. The van der Waals surface area contributed by atoms with Crippen molar-refractivity contribution in [3.8, 4) is 0 Å². The van der Waals surface area contributed by atoms with Crippen molar-refractivity contribution in [1.29, 1.82) is 0 Å². The molecule has 2 N–H and O–H groups in total. The first kappa shape index (κ1) is 22.5. The number of fused-ring (bicyclic) bond motifs is 2. The van der Waals surface area contributed by atoms with Gasteiger partial charge in [-0.1, -0.05) is 45.9 Å². The maximum absolute atomic E-state index is 6.09. The van der Waals surface area contributed by atoms with Crippen molar-refractivity contribution in [2.24, 2.45) is 5.92 Å². The Morgan fingerprint density at radius 1 is 1.11 bits per heavy atom. The minimum absolute atomic E-state index is 0. The van der Waals surface area contributed by atoms with E-state index in [0.29, 0.717) is 11.7 Å². The Labute approximate surface area is 164 Å². The van der Waals surface area contributed by atoms with Crippen molar-refractivity contribution in [1.82, 2.24) is 14.5 Å². The molecule has 3 heterocycles. The monoisotopic (exact) mass is 365 g/mol. The number of nitrogen functional groups attached to an aromatic ring is 1. The zero-order valence-corrected chi connectivity index (χ0v) is 17.0. The van der Waals surface area contributed by atoms with Crippen molar-refractivity contribution >= 4 is 25.3 Å². The van der Waals surface area contributed by atoms with Crippen LogP contribution in [0.4, 0.5) is 5.82 Å². The lowest BCUT2D eigenvalue weighted by Crippen LogP contribution is -2.16. The SMILES string of the molecule is CC.CC.CCn1cc(CC2=COC3C=CC=CC23)c2c(N)ncnc21.[B]. The molecule has 1 aliphatic carbocycles. The molecule has 143 valence electrons. The number of aromatic nitrogens is 3. The van der Waals surface area contributed by atoms with Crippen LogP contribution < -0.4 is 5.73 Å². The average Bonchev–Trinajstić information content (AvgIpc) is 3.28. The van der Waals surface area contributed by atoms with Gasteiger partial charge in [-0.3, -0.25) is 0 Å². The van der Waals surface area contributed by atoms with Crippen molar-refractivity contribution in [3.63, 3.8) is 0 Å². The van der Waals surface area contributed by atoms with E-state index in [1.807, 2.05) is 40.0 Å². The molecule has 0 saturated heterocycles. The van der Waals surface area contributed by atoms with Crippen molar-refractivity contribution < 1.29 is 4.74 Å². The third kappa shape index (κ3) is 4.44. The highest BCUT2D eigenvalue weighted by Crippen LogP contribution is 2.34. The molecule has 6 heteroatoms. The van der Waals surface area contributed by atoms with Crippen LogP contribution in [0.1, 0.15) is 40.2 Å². The highest BCUT2D eigenvalue weighted by Gasteiger charge is 2.29. The van der Waals surface area contributed by atoms with Crippen LogP contribution >= 0.6 is 0 Å². The van der Waals surface area contributed by atoms with E-state index in [-0.39, 0.29) is 14.5 Å². The Morgan fingerprint density at radius 3 is 2.52 bits per heavy atom. The average molecular weight is 365 g/mol. The molecule has 2 aromatic rings. The van der Waals surface area contributed by atoms with Gasteiger partial charge in [0.15, 0.2) is 0 Å². The van der Waals surface area contributed by atoms with E-state index in [1.54, 1.807) is 0 Å². The van der Waals surface area contributed by atoms with Gasteiger partial charge < -0.3 is 15.0 Å². The van der Waals surface area contributed by atoms with Crippen LogP contribution in [0.2, 0.25) is 0 Å². The summed E-state index contributed by atoms with van der Waals surface area (Å²) in [4.78, 5) is 8.53. The fourth-order valence-corrected chi connectivity index (χ4v) is 3.28. The van der Waals surface area contributed by atoms with E-state index < -0.39 is 0 Å². The number of aryl methyl sites for hydroxylation is 1. The lowest BCUT2D eigenvalue weighted by molar-refractivity contribution is 0.192. The molecule has 0 aromatic carbocycles. The third-order valence-electron chi connectivity index (χ3n) is 4.39. The number of hydrogen-bond acceptors (Lipinski definition) is 4. The van der Waals surface area contributed by atoms with Gasteiger partial charge in [0.2, 0.25) is 0 Å². The number of anilines is 1. The molecule has 0 fully saturated rings. The molecule has 4 rings (SSSR count). The third-order valence-corrected chi connectivity index (χ3v) is 4.39. The summed E-state index contributed by atoms with van der Waals surface area (Å²) in [6.45, 7) is 11.0. The molecular weight excluding hydrogens is 335 g/mol. The first-order valence-corrected chi connectivity index (χ1v) is 9.55. The fourth-order valence-electron chi connectivity index (χ4n) is 3.28. The number of nitrogens with two attached hydrogens (primary N) is 1. The minimum Gasteiger partial charge on any atom is -0.493 e. The molecule has 2 atom stereocenters. The molecule has 2 unspecified atom stereocenters. The number of nitrogens with zero attached hydrogens (tertiary/aromatic N) is 3. The number of ether oxygens (including phenoxy) is 1. The number of rotatable bonds is 3. The molecule has 0 saturated carbocycles. The van der Waals surface area contributed by atoms with E-state index >= 15 is 0 Å². The Hall–Kier alpha value is -2.50. The lowest BCUT2D eigenvalue weighted by Gasteiger charge is -2.17. The van der Waals surface area contributed by atoms with Crippen LogP contribution in [0.15, 0.2) is 48.7 Å². The molecule has 27 heavy (non-hydrogen) atoms. The van der Waals surface area contributed by atoms with E-state index in [0.717, 1.165) is 29.6 Å². The minimum atomic E-state index is 0. The van der Waals surface area contributed by atoms with Crippen LogP contribution in [-0.4, -0.2) is 29.1 Å². The van der Waals surface area contributed by atoms with Crippen molar-refractivity contribution in [2.45, 2.75) is 53.7 Å². The molecule has 0 bridgehead atoms. The molecule has 1 aliphatic heterocycles. The Balaban J connectivity index is 0.000000686. The maximum atomic E-state index is 6.09. The summed E-state index contributed by atoms with van der Waals surface area (Å²) in [7, 11) is 0. The van der Waals surface area contributed by atoms with Crippen LogP contribution in [0.3, 0.4) is 0 Å². The number of allylic oxidation sites excluding steroid dienone is 2. The summed E-state index contributed by atoms with van der Waals surface area (Å²) in [6.07, 6.45) is 14.9. The van der Waals surface area contributed by atoms with E-state index in [1.165, 1.54) is 11.9 Å². The summed E-state index contributed by atoms with van der Waals surface area (Å²) in [5, 5.41) is 0.962. The van der Waals surface area contributed by atoms with Gasteiger partial charge >= 0.3 is 0 Å².